The Labute approximate surface area is 132 Å². The molecule has 0 bridgehead atoms. The summed E-state index contributed by atoms with van der Waals surface area (Å²) in [5.74, 6) is 1.23. The number of nitrogens with zero attached hydrogens (tertiary/aromatic N) is 1. The smallest absolute Gasteiger partial charge is 0.260 e. The second-order valence-electron chi connectivity index (χ2n) is 5.95. The van der Waals surface area contributed by atoms with Gasteiger partial charge < -0.3 is 20.1 Å². The Hall–Kier alpha value is -1.75. The predicted octanol–water partition coefficient (Wildman–Crippen LogP) is 2.11. The van der Waals surface area contributed by atoms with Crippen LogP contribution in [0.3, 0.4) is 0 Å². The SMILES string of the molecule is COc1cc(C)ccc1OCC(=O)N1CCCC[C@H]1[C@@H](C)N. The van der Waals surface area contributed by atoms with E-state index in [0.29, 0.717) is 11.5 Å². The molecule has 2 rings (SSSR count). The van der Waals surface area contributed by atoms with Gasteiger partial charge >= 0.3 is 0 Å². The van der Waals surface area contributed by atoms with E-state index in [1.165, 1.54) is 0 Å². The lowest BCUT2D eigenvalue weighted by Crippen LogP contribution is -2.52. The number of rotatable bonds is 5. The van der Waals surface area contributed by atoms with E-state index in [1.807, 2.05) is 36.9 Å². The maximum absolute atomic E-state index is 12.5. The van der Waals surface area contributed by atoms with Gasteiger partial charge in [-0.3, -0.25) is 4.79 Å². The van der Waals surface area contributed by atoms with Gasteiger partial charge in [0.15, 0.2) is 18.1 Å². The number of ether oxygens (including phenoxy) is 2. The fourth-order valence-electron chi connectivity index (χ4n) is 2.93. The van der Waals surface area contributed by atoms with Gasteiger partial charge in [0, 0.05) is 18.6 Å². The van der Waals surface area contributed by atoms with Crippen LogP contribution in [0.1, 0.15) is 31.7 Å². The van der Waals surface area contributed by atoms with Gasteiger partial charge in [0.2, 0.25) is 0 Å². The summed E-state index contributed by atoms with van der Waals surface area (Å²) in [7, 11) is 1.60. The number of piperidine rings is 1. The van der Waals surface area contributed by atoms with Crippen molar-refractivity contribution in [2.24, 2.45) is 5.73 Å². The minimum Gasteiger partial charge on any atom is -0.493 e. The van der Waals surface area contributed by atoms with Gasteiger partial charge in [-0.2, -0.15) is 0 Å². The van der Waals surface area contributed by atoms with Crippen LogP contribution in [0.25, 0.3) is 0 Å². The number of methoxy groups -OCH3 is 1. The summed E-state index contributed by atoms with van der Waals surface area (Å²) >= 11 is 0. The maximum Gasteiger partial charge on any atom is 0.260 e. The molecule has 5 heteroatoms. The van der Waals surface area contributed by atoms with E-state index in [-0.39, 0.29) is 24.6 Å². The zero-order valence-electron chi connectivity index (χ0n) is 13.7. The first-order valence-electron chi connectivity index (χ1n) is 7.85. The highest BCUT2D eigenvalue weighted by Gasteiger charge is 2.29. The van der Waals surface area contributed by atoms with Crippen molar-refractivity contribution in [2.75, 3.05) is 20.3 Å². The summed E-state index contributed by atoms with van der Waals surface area (Å²) in [6, 6.07) is 5.77. The molecule has 1 aliphatic heterocycles. The predicted molar refractivity (Wildman–Crippen MR) is 86.2 cm³/mol. The highest BCUT2D eigenvalue weighted by molar-refractivity contribution is 5.78. The highest BCUT2D eigenvalue weighted by atomic mass is 16.5. The van der Waals surface area contributed by atoms with Crippen molar-refractivity contribution >= 4 is 5.91 Å². The number of carbonyl (C=O) groups is 1. The highest BCUT2D eigenvalue weighted by Crippen LogP contribution is 2.28. The van der Waals surface area contributed by atoms with Gasteiger partial charge in [-0.1, -0.05) is 6.07 Å². The van der Waals surface area contributed by atoms with Crippen molar-refractivity contribution in [2.45, 2.75) is 45.2 Å². The van der Waals surface area contributed by atoms with Crippen molar-refractivity contribution in [3.05, 3.63) is 23.8 Å². The summed E-state index contributed by atoms with van der Waals surface area (Å²) in [4.78, 5) is 14.3. The van der Waals surface area contributed by atoms with E-state index in [1.54, 1.807) is 7.11 Å². The van der Waals surface area contributed by atoms with Crippen LogP contribution in [0, 0.1) is 6.92 Å². The molecule has 0 saturated carbocycles. The van der Waals surface area contributed by atoms with Crippen LogP contribution in [0.5, 0.6) is 11.5 Å². The quantitative estimate of drug-likeness (QED) is 0.905. The van der Waals surface area contributed by atoms with Crippen molar-refractivity contribution in [3.63, 3.8) is 0 Å². The van der Waals surface area contributed by atoms with Gasteiger partial charge in [-0.05, 0) is 50.8 Å². The molecule has 1 fully saturated rings. The summed E-state index contributed by atoms with van der Waals surface area (Å²) in [5, 5.41) is 0. The fraction of sp³-hybridized carbons (Fsp3) is 0.588. The molecule has 122 valence electrons. The summed E-state index contributed by atoms with van der Waals surface area (Å²) in [6.45, 7) is 4.72. The molecule has 22 heavy (non-hydrogen) atoms. The molecule has 1 aliphatic rings. The van der Waals surface area contributed by atoms with Crippen LogP contribution in [0.4, 0.5) is 0 Å². The average molecular weight is 306 g/mol. The van der Waals surface area contributed by atoms with Gasteiger partial charge in [-0.15, -0.1) is 0 Å². The third-order valence-electron chi connectivity index (χ3n) is 4.15. The largest absolute Gasteiger partial charge is 0.493 e. The van der Waals surface area contributed by atoms with Crippen LogP contribution >= 0.6 is 0 Å². The van der Waals surface area contributed by atoms with E-state index < -0.39 is 0 Å². The number of hydrogen-bond acceptors (Lipinski definition) is 4. The van der Waals surface area contributed by atoms with Crippen LogP contribution in [-0.4, -0.2) is 43.2 Å². The van der Waals surface area contributed by atoms with Gasteiger partial charge in [0.1, 0.15) is 0 Å². The second kappa shape index (κ2) is 7.49. The third kappa shape index (κ3) is 3.91. The van der Waals surface area contributed by atoms with E-state index >= 15 is 0 Å². The van der Waals surface area contributed by atoms with Gasteiger partial charge in [0.25, 0.3) is 5.91 Å². The molecule has 2 atom stereocenters. The molecule has 0 aromatic heterocycles. The van der Waals surface area contributed by atoms with Gasteiger partial charge in [0.05, 0.1) is 7.11 Å². The van der Waals surface area contributed by atoms with Crippen molar-refractivity contribution in [3.8, 4) is 11.5 Å². The molecular weight excluding hydrogens is 280 g/mol. The van der Waals surface area contributed by atoms with Crippen molar-refractivity contribution in [1.82, 2.24) is 4.90 Å². The summed E-state index contributed by atoms with van der Waals surface area (Å²) < 4.78 is 11.0. The number of likely N-dealkylation sites (tertiary alicyclic amines) is 1. The lowest BCUT2D eigenvalue weighted by Gasteiger charge is -2.38. The molecule has 5 nitrogen and oxygen atoms in total. The average Bonchev–Trinajstić information content (AvgIpc) is 2.53. The minimum atomic E-state index is -0.0156. The molecule has 0 spiro atoms. The molecule has 0 aliphatic carbocycles. The minimum absolute atomic E-state index is 0.00960. The lowest BCUT2D eigenvalue weighted by molar-refractivity contribution is -0.137. The molecule has 0 radical (unpaired) electrons. The fourth-order valence-corrected chi connectivity index (χ4v) is 2.93. The van der Waals surface area contributed by atoms with E-state index in [4.69, 9.17) is 15.2 Å². The van der Waals surface area contributed by atoms with E-state index in [2.05, 4.69) is 0 Å². The summed E-state index contributed by atoms with van der Waals surface area (Å²) in [5.41, 5.74) is 7.10. The third-order valence-corrected chi connectivity index (χ3v) is 4.15. The lowest BCUT2D eigenvalue weighted by atomic mass is 9.97. The Balaban J connectivity index is 2.00. The number of benzene rings is 1. The monoisotopic (exact) mass is 306 g/mol. The zero-order valence-corrected chi connectivity index (χ0v) is 13.7. The Bertz CT molecular complexity index is 517. The molecule has 1 saturated heterocycles. The normalized spacial score (nSPS) is 19.6. The zero-order chi connectivity index (χ0) is 16.1. The maximum atomic E-state index is 12.5. The molecule has 1 aromatic carbocycles. The Kier molecular flexibility index (Phi) is 5.66. The molecule has 1 amide bonds. The molecule has 0 unspecified atom stereocenters. The van der Waals surface area contributed by atoms with Gasteiger partial charge in [-0.25, -0.2) is 0 Å². The Morgan fingerprint density at radius 1 is 1.41 bits per heavy atom. The van der Waals surface area contributed by atoms with Crippen LogP contribution in [-0.2, 0) is 4.79 Å². The van der Waals surface area contributed by atoms with Crippen LogP contribution in [0.2, 0.25) is 0 Å². The van der Waals surface area contributed by atoms with Crippen molar-refractivity contribution in [1.29, 1.82) is 0 Å². The first kappa shape index (κ1) is 16.6. The Morgan fingerprint density at radius 3 is 2.86 bits per heavy atom. The summed E-state index contributed by atoms with van der Waals surface area (Å²) in [6.07, 6.45) is 3.13. The topological polar surface area (TPSA) is 64.8 Å². The number of hydrogen-bond donors (Lipinski definition) is 1. The van der Waals surface area contributed by atoms with E-state index in [0.717, 1.165) is 31.4 Å². The first-order valence-corrected chi connectivity index (χ1v) is 7.85. The van der Waals surface area contributed by atoms with E-state index in [9.17, 15) is 4.79 Å². The number of amides is 1. The van der Waals surface area contributed by atoms with Crippen LogP contribution < -0.4 is 15.2 Å². The second-order valence-corrected chi connectivity index (χ2v) is 5.95. The first-order chi connectivity index (χ1) is 10.5. The van der Waals surface area contributed by atoms with Crippen LogP contribution in [0.15, 0.2) is 18.2 Å². The number of carbonyl (C=O) groups excluding carboxylic acids is 1. The molecule has 1 aromatic rings. The Morgan fingerprint density at radius 2 is 2.18 bits per heavy atom. The molecular formula is C17H26N2O3. The number of nitrogens with two attached hydrogens (primary N) is 1. The standard InChI is InChI=1S/C17H26N2O3/c1-12-7-8-15(16(10-12)21-3)22-11-17(20)19-9-5-4-6-14(19)13(2)18/h7-8,10,13-14H,4-6,9,11,18H2,1-3H3/t13-,14+/m1/s1. The van der Waals surface area contributed by atoms with Crippen molar-refractivity contribution < 1.29 is 14.3 Å². The molecule has 2 N–H and O–H groups in total. The molecule has 1 heterocycles. The number of aryl methyl sites for hydroxylation is 1.